The highest BCUT2D eigenvalue weighted by Gasteiger charge is 2.30. The number of anilines is 1. The fourth-order valence-electron chi connectivity index (χ4n) is 2.79. The highest BCUT2D eigenvalue weighted by molar-refractivity contribution is 6.07. The average molecular weight is 287 g/mol. The number of carbonyl (C=O) groups is 1. The number of benzene rings is 2. The molecule has 0 aliphatic carbocycles. The molecule has 0 radical (unpaired) electrons. The minimum Gasteiger partial charge on any atom is -0.305 e. The molecule has 0 saturated carbocycles. The molecule has 21 heavy (non-hydrogen) atoms. The first-order chi connectivity index (χ1) is 10.1. The minimum atomic E-state index is -0.538. The van der Waals surface area contributed by atoms with Crippen LogP contribution in [0.5, 0.6) is 0 Å². The van der Waals surface area contributed by atoms with E-state index in [2.05, 4.69) is 0 Å². The highest BCUT2D eigenvalue weighted by atomic mass is 19.1. The number of fused-ring (bicyclic) bond motifs is 1. The van der Waals surface area contributed by atoms with Crippen molar-refractivity contribution in [1.82, 2.24) is 0 Å². The van der Waals surface area contributed by atoms with E-state index in [0.717, 1.165) is 18.4 Å². The molecule has 0 saturated heterocycles. The maximum atomic E-state index is 13.9. The van der Waals surface area contributed by atoms with Gasteiger partial charge in [-0.05, 0) is 55.7 Å². The third-order valence-corrected chi connectivity index (χ3v) is 3.90. The van der Waals surface area contributed by atoms with Crippen molar-refractivity contribution in [3.63, 3.8) is 0 Å². The molecule has 1 amide bonds. The summed E-state index contributed by atoms with van der Waals surface area (Å²) in [5.41, 5.74) is 1.50. The Hall–Kier alpha value is -2.23. The van der Waals surface area contributed by atoms with Crippen LogP contribution in [0.2, 0.25) is 0 Å². The predicted octanol–water partition coefficient (Wildman–Crippen LogP) is 3.95. The summed E-state index contributed by atoms with van der Waals surface area (Å²) in [6.07, 6.45) is 1.45. The van der Waals surface area contributed by atoms with Crippen molar-refractivity contribution in [2.45, 2.75) is 25.8 Å². The normalized spacial score (nSPS) is 17.5. The molecule has 2 aromatic rings. The van der Waals surface area contributed by atoms with Crippen LogP contribution in [0, 0.1) is 11.6 Å². The first-order valence-electron chi connectivity index (χ1n) is 6.94. The van der Waals surface area contributed by atoms with Gasteiger partial charge in [0, 0.05) is 11.7 Å². The molecule has 0 spiro atoms. The Morgan fingerprint density at radius 1 is 1.19 bits per heavy atom. The van der Waals surface area contributed by atoms with E-state index in [1.165, 1.54) is 24.3 Å². The van der Waals surface area contributed by atoms with Crippen molar-refractivity contribution in [3.8, 4) is 0 Å². The summed E-state index contributed by atoms with van der Waals surface area (Å²) in [7, 11) is 0. The summed E-state index contributed by atoms with van der Waals surface area (Å²) in [5, 5.41) is 0. The number of carbonyl (C=O) groups excluding carboxylic acids is 1. The molecule has 0 N–H and O–H groups in total. The van der Waals surface area contributed by atoms with E-state index in [1.807, 2.05) is 6.92 Å². The second kappa shape index (κ2) is 5.28. The van der Waals surface area contributed by atoms with Gasteiger partial charge in [0.05, 0.1) is 5.56 Å². The van der Waals surface area contributed by atoms with Crippen molar-refractivity contribution in [2.24, 2.45) is 0 Å². The van der Waals surface area contributed by atoms with Crippen molar-refractivity contribution < 1.29 is 13.6 Å². The molecule has 1 aliphatic heterocycles. The molecular formula is C17H15F2NO. The van der Waals surface area contributed by atoms with E-state index in [9.17, 15) is 13.6 Å². The molecule has 4 heteroatoms. The van der Waals surface area contributed by atoms with Gasteiger partial charge in [0.2, 0.25) is 0 Å². The summed E-state index contributed by atoms with van der Waals surface area (Å²) in [5.74, 6) is -1.24. The molecule has 0 aromatic heterocycles. The van der Waals surface area contributed by atoms with Gasteiger partial charge in [-0.2, -0.15) is 0 Å². The van der Waals surface area contributed by atoms with Crippen LogP contribution in [-0.2, 0) is 6.42 Å². The van der Waals surface area contributed by atoms with Gasteiger partial charge in [-0.3, -0.25) is 4.79 Å². The second-order valence-corrected chi connectivity index (χ2v) is 5.32. The quantitative estimate of drug-likeness (QED) is 0.777. The maximum Gasteiger partial charge on any atom is 0.261 e. The number of nitrogens with zero attached hydrogens (tertiary/aromatic N) is 1. The van der Waals surface area contributed by atoms with E-state index < -0.39 is 5.82 Å². The molecular weight excluding hydrogens is 272 g/mol. The van der Waals surface area contributed by atoms with Crippen LogP contribution < -0.4 is 4.90 Å². The Labute approximate surface area is 122 Å². The SMILES string of the molecule is C[C@H]1CCc2cc(F)ccc2N1C(=O)c1ccccc1F. The van der Waals surface area contributed by atoms with Gasteiger partial charge in [0.25, 0.3) is 5.91 Å². The molecule has 2 aromatic carbocycles. The lowest BCUT2D eigenvalue weighted by molar-refractivity contribution is 0.0971. The standard InChI is InChI=1S/C17H15F2NO/c1-11-6-7-12-10-13(18)8-9-16(12)20(11)17(21)14-4-2-3-5-15(14)19/h2-5,8-11H,6-7H2,1H3/t11-/m0/s1. The van der Waals surface area contributed by atoms with Crippen molar-refractivity contribution in [3.05, 3.63) is 65.2 Å². The third kappa shape index (κ3) is 2.42. The minimum absolute atomic E-state index is 0.0431. The van der Waals surface area contributed by atoms with Crippen molar-refractivity contribution >= 4 is 11.6 Å². The first kappa shape index (κ1) is 13.7. The lowest BCUT2D eigenvalue weighted by Gasteiger charge is -2.35. The number of hydrogen-bond donors (Lipinski definition) is 0. The Balaban J connectivity index is 2.06. The van der Waals surface area contributed by atoms with Gasteiger partial charge in [0.1, 0.15) is 11.6 Å². The van der Waals surface area contributed by atoms with Crippen LogP contribution >= 0.6 is 0 Å². The highest BCUT2D eigenvalue weighted by Crippen LogP contribution is 2.32. The van der Waals surface area contributed by atoms with Gasteiger partial charge in [-0.1, -0.05) is 12.1 Å². The fraction of sp³-hybridized carbons (Fsp3) is 0.235. The van der Waals surface area contributed by atoms with Crippen LogP contribution in [0.3, 0.4) is 0 Å². The number of rotatable bonds is 1. The zero-order valence-electron chi connectivity index (χ0n) is 11.6. The number of halogens is 2. The lowest BCUT2D eigenvalue weighted by Crippen LogP contribution is -2.42. The van der Waals surface area contributed by atoms with Gasteiger partial charge in [0.15, 0.2) is 0 Å². The van der Waals surface area contributed by atoms with Gasteiger partial charge >= 0.3 is 0 Å². The van der Waals surface area contributed by atoms with Crippen molar-refractivity contribution in [2.75, 3.05) is 4.90 Å². The summed E-state index contributed by atoms with van der Waals surface area (Å²) in [6, 6.07) is 10.3. The maximum absolute atomic E-state index is 13.9. The van der Waals surface area contributed by atoms with E-state index in [-0.39, 0.29) is 23.3 Å². The zero-order chi connectivity index (χ0) is 15.0. The first-order valence-corrected chi connectivity index (χ1v) is 6.94. The summed E-state index contributed by atoms with van der Waals surface area (Å²) < 4.78 is 27.2. The average Bonchev–Trinajstić information content (AvgIpc) is 2.47. The van der Waals surface area contributed by atoms with Crippen LogP contribution in [-0.4, -0.2) is 11.9 Å². The Morgan fingerprint density at radius 2 is 1.95 bits per heavy atom. The topological polar surface area (TPSA) is 20.3 Å². The molecule has 1 aliphatic rings. The van der Waals surface area contributed by atoms with Crippen LogP contribution in [0.25, 0.3) is 0 Å². The van der Waals surface area contributed by atoms with E-state index in [0.29, 0.717) is 5.69 Å². The number of hydrogen-bond acceptors (Lipinski definition) is 1. The molecule has 0 bridgehead atoms. The number of amides is 1. The third-order valence-electron chi connectivity index (χ3n) is 3.90. The molecule has 2 nitrogen and oxygen atoms in total. The van der Waals surface area contributed by atoms with Crippen molar-refractivity contribution in [1.29, 1.82) is 0 Å². The van der Waals surface area contributed by atoms with Gasteiger partial charge in [-0.25, -0.2) is 8.78 Å². The summed E-state index contributed by atoms with van der Waals surface area (Å²) in [4.78, 5) is 14.2. The largest absolute Gasteiger partial charge is 0.305 e. The Morgan fingerprint density at radius 3 is 2.71 bits per heavy atom. The monoisotopic (exact) mass is 287 g/mol. The molecule has 3 rings (SSSR count). The molecule has 108 valence electrons. The molecule has 0 fully saturated rings. The van der Waals surface area contributed by atoms with Crippen LogP contribution in [0.15, 0.2) is 42.5 Å². The smallest absolute Gasteiger partial charge is 0.261 e. The second-order valence-electron chi connectivity index (χ2n) is 5.32. The van der Waals surface area contributed by atoms with Crippen LogP contribution in [0.4, 0.5) is 14.5 Å². The van der Waals surface area contributed by atoms with E-state index in [1.54, 1.807) is 23.1 Å². The fourth-order valence-corrected chi connectivity index (χ4v) is 2.79. The molecule has 1 heterocycles. The molecule has 0 unspecified atom stereocenters. The summed E-state index contributed by atoms with van der Waals surface area (Å²) >= 11 is 0. The van der Waals surface area contributed by atoms with E-state index in [4.69, 9.17) is 0 Å². The van der Waals surface area contributed by atoms with E-state index >= 15 is 0 Å². The Kier molecular flexibility index (Phi) is 3.45. The summed E-state index contributed by atoms with van der Waals surface area (Å²) in [6.45, 7) is 1.92. The van der Waals surface area contributed by atoms with Crippen LogP contribution in [0.1, 0.15) is 29.3 Å². The Bertz CT molecular complexity index is 699. The zero-order valence-corrected chi connectivity index (χ0v) is 11.6. The number of aryl methyl sites for hydroxylation is 1. The lowest BCUT2D eigenvalue weighted by atomic mass is 9.95. The van der Waals surface area contributed by atoms with Gasteiger partial charge < -0.3 is 4.90 Å². The molecule has 1 atom stereocenters. The predicted molar refractivity (Wildman–Crippen MR) is 77.4 cm³/mol. The van der Waals surface area contributed by atoms with Gasteiger partial charge in [-0.15, -0.1) is 0 Å².